The van der Waals surface area contributed by atoms with Crippen LogP contribution in [0.25, 0.3) is 93.9 Å². The van der Waals surface area contributed by atoms with Crippen LogP contribution >= 0.6 is 0 Å². The van der Waals surface area contributed by atoms with E-state index in [1.165, 1.54) is 88.2 Å². The number of aromatic nitrogens is 1. The summed E-state index contributed by atoms with van der Waals surface area (Å²) in [6.07, 6.45) is 0. The van der Waals surface area contributed by atoms with Crippen molar-refractivity contribution >= 4 is 49.6 Å². The Kier molecular flexibility index (Phi) is 10.3. The number of para-hydroxylation sites is 3. The summed E-state index contributed by atoms with van der Waals surface area (Å²) in [5, 5.41) is 4.93. The third-order valence-corrected chi connectivity index (χ3v) is 15.7. The summed E-state index contributed by atoms with van der Waals surface area (Å²) < 4.78 is 2.40. The molecular weight excluding hydrogens is 893 g/mol. The van der Waals surface area contributed by atoms with Crippen LogP contribution in [0.15, 0.2) is 285 Å². The van der Waals surface area contributed by atoms with Crippen LogP contribution in [0.4, 0.5) is 17.1 Å². The summed E-state index contributed by atoms with van der Waals surface area (Å²) in [6.45, 7) is 2.39. The van der Waals surface area contributed by atoms with Crippen molar-refractivity contribution in [2.45, 2.75) is 12.3 Å². The van der Waals surface area contributed by atoms with Crippen molar-refractivity contribution in [2.75, 3.05) is 4.90 Å². The average Bonchev–Trinajstić information content (AvgIpc) is 4.00. The fraction of sp³-hybridized carbons (Fsp3) is 0.0278. The van der Waals surface area contributed by atoms with Gasteiger partial charge in [-0.25, -0.2) is 0 Å². The zero-order valence-corrected chi connectivity index (χ0v) is 41.0. The normalized spacial score (nSPS) is 13.8. The summed E-state index contributed by atoms with van der Waals surface area (Å²) in [5.41, 5.74) is 22.6. The van der Waals surface area contributed by atoms with Crippen LogP contribution < -0.4 is 4.90 Å². The van der Waals surface area contributed by atoms with Crippen LogP contribution in [-0.4, -0.2) is 4.57 Å². The molecule has 1 aromatic heterocycles. The molecule has 0 amide bonds. The van der Waals surface area contributed by atoms with E-state index in [1.54, 1.807) is 0 Å². The molecule has 0 aliphatic heterocycles. The minimum Gasteiger partial charge on any atom is -0.310 e. The van der Waals surface area contributed by atoms with Crippen LogP contribution in [0.5, 0.6) is 0 Å². The Morgan fingerprint density at radius 3 is 1.70 bits per heavy atom. The lowest BCUT2D eigenvalue weighted by molar-refractivity contribution is 0.714. The van der Waals surface area contributed by atoms with Gasteiger partial charge in [-0.2, -0.15) is 0 Å². The van der Waals surface area contributed by atoms with Crippen LogP contribution in [0.1, 0.15) is 23.6 Å². The highest BCUT2D eigenvalue weighted by Crippen LogP contribution is 2.55. The summed E-state index contributed by atoms with van der Waals surface area (Å²) >= 11 is 0. The largest absolute Gasteiger partial charge is 0.310 e. The Bertz CT molecular complexity index is 4240. The maximum atomic E-state index is 2.46. The monoisotopic (exact) mass is 942 g/mol. The van der Waals surface area contributed by atoms with Gasteiger partial charge in [-0.1, -0.05) is 231 Å². The molecule has 0 spiro atoms. The van der Waals surface area contributed by atoms with Gasteiger partial charge < -0.3 is 9.47 Å². The van der Waals surface area contributed by atoms with Crippen LogP contribution in [0.3, 0.4) is 0 Å². The van der Waals surface area contributed by atoms with Gasteiger partial charge in [0.25, 0.3) is 0 Å². The van der Waals surface area contributed by atoms with Crippen molar-refractivity contribution in [3.05, 3.63) is 302 Å². The molecule has 0 saturated carbocycles. The predicted molar refractivity (Wildman–Crippen MR) is 312 cm³/mol. The Balaban J connectivity index is 0.951. The van der Waals surface area contributed by atoms with Crippen molar-refractivity contribution in [3.63, 3.8) is 0 Å². The predicted octanol–water partition coefficient (Wildman–Crippen LogP) is 19.4. The number of fused-ring (bicyclic) bond motifs is 7. The highest BCUT2D eigenvalue weighted by molar-refractivity contribution is 6.11. The fourth-order valence-electron chi connectivity index (χ4n) is 12.2. The summed E-state index contributed by atoms with van der Waals surface area (Å²) in [4.78, 5) is 2.46. The topological polar surface area (TPSA) is 8.17 Å². The quantitative estimate of drug-likeness (QED) is 0.140. The third-order valence-electron chi connectivity index (χ3n) is 15.7. The van der Waals surface area contributed by atoms with E-state index in [-0.39, 0.29) is 5.41 Å². The summed E-state index contributed by atoms with van der Waals surface area (Å²) in [6, 6.07) is 105. The standard InChI is InChI=1S/C72H50N2/c1-72(54-26-7-3-8-27-54)65-37-14-11-33-64(65)71-59(35-20-38-66(71)72)50-41-44-56(45-42-50)73(67-39-15-13-32-61(67)63-36-19-24-51-23-18-34-58(70(51)63)49-21-5-2-6-22-49)57-30-17-25-52(47-57)53-43-46-62-60-31-12-16-40-68(60)74(69(62)48-53)55-28-9-4-10-29-55/h2-48H,1H3. The first kappa shape index (κ1) is 43.3. The van der Waals surface area contributed by atoms with Crippen molar-refractivity contribution < 1.29 is 0 Å². The number of benzene rings is 12. The molecule has 1 aliphatic rings. The van der Waals surface area contributed by atoms with E-state index >= 15 is 0 Å². The van der Waals surface area contributed by atoms with Crippen LogP contribution in [0, 0.1) is 0 Å². The fourth-order valence-corrected chi connectivity index (χ4v) is 12.2. The van der Waals surface area contributed by atoms with Gasteiger partial charge in [0.15, 0.2) is 0 Å². The SMILES string of the molecule is CC1(c2ccccc2)c2ccccc2-c2c(-c3ccc(N(c4cccc(-c5ccc6c7ccccc7n(-c7ccccc7)c6c5)c4)c4ccccc4-c4cccc5cccc(-c6ccccc6)c45)cc3)cccc21. The number of anilines is 3. The zero-order valence-electron chi connectivity index (χ0n) is 41.0. The maximum Gasteiger partial charge on any atom is 0.0547 e. The van der Waals surface area contributed by atoms with Gasteiger partial charge in [-0.05, 0) is 139 Å². The highest BCUT2D eigenvalue weighted by atomic mass is 15.1. The number of hydrogen-bond donors (Lipinski definition) is 0. The highest BCUT2D eigenvalue weighted by Gasteiger charge is 2.41. The number of nitrogens with zero attached hydrogens (tertiary/aromatic N) is 2. The van der Waals surface area contributed by atoms with Crippen LogP contribution in [-0.2, 0) is 5.41 Å². The number of hydrogen-bond acceptors (Lipinski definition) is 1. The van der Waals surface area contributed by atoms with Crippen molar-refractivity contribution in [3.8, 4) is 61.3 Å². The van der Waals surface area contributed by atoms with E-state index in [0.717, 1.165) is 39.4 Å². The summed E-state index contributed by atoms with van der Waals surface area (Å²) in [5.74, 6) is 0. The molecule has 14 rings (SSSR count). The van der Waals surface area contributed by atoms with Gasteiger partial charge in [0.1, 0.15) is 0 Å². The molecule has 348 valence electrons. The lowest BCUT2D eigenvalue weighted by Gasteiger charge is -2.29. The second-order valence-corrected chi connectivity index (χ2v) is 19.7. The van der Waals surface area contributed by atoms with Crippen molar-refractivity contribution in [2.24, 2.45) is 0 Å². The Morgan fingerprint density at radius 2 is 0.892 bits per heavy atom. The minimum atomic E-state index is -0.278. The van der Waals surface area contributed by atoms with Crippen molar-refractivity contribution in [1.82, 2.24) is 4.57 Å². The third kappa shape index (κ3) is 6.94. The van der Waals surface area contributed by atoms with Gasteiger partial charge in [0, 0.05) is 38.8 Å². The maximum absolute atomic E-state index is 2.46. The molecule has 2 nitrogen and oxygen atoms in total. The molecular formula is C72H50N2. The first-order valence-electron chi connectivity index (χ1n) is 25.7. The second kappa shape index (κ2) is 17.7. The molecule has 1 heterocycles. The average molecular weight is 943 g/mol. The van der Waals surface area contributed by atoms with E-state index in [0.29, 0.717) is 0 Å². The molecule has 0 N–H and O–H groups in total. The van der Waals surface area contributed by atoms with E-state index < -0.39 is 0 Å². The molecule has 1 atom stereocenters. The lowest BCUT2D eigenvalue weighted by atomic mass is 9.74. The van der Waals surface area contributed by atoms with Crippen LogP contribution in [0.2, 0.25) is 0 Å². The Labute approximate surface area is 432 Å². The lowest BCUT2D eigenvalue weighted by Crippen LogP contribution is -2.22. The van der Waals surface area contributed by atoms with E-state index in [9.17, 15) is 0 Å². The van der Waals surface area contributed by atoms with E-state index in [4.69, 9.17) is 0 Å². The molecule has 1 unspecified atom stereocenters. The van der Waals surface area contributed by atoms with Gasteiger partial charge in [-0.15, -0.1) is 0 Å². The van der Waals surface area contributed by atoms with Gasteiger partial charge in [0.2, 0.25) is 0 Å². The molecule has 2 heteroatoms. The Hall–Kier alpha value is -9.50. The number of rotatable bonds is 9. The van der Waals surface area contributed by atoms with Crippen molar-refractivity contribution in [1.29, 1.82) is 0 Å². The molecule has 0 radical (unpaired) electrons. The molecule has 0 saturated heterocycles. The molecule has 1 aliphatic carbocycles. The van der Waals surface area contributed by atoms with Gasteiger partial charge in [0.05, 0.1) is 16.7 Å². The van der Waals surface area contributed by atoms with E-state index in [1.807, 2.05) is 0 Å². The van der Waals surface area contributed by atoms with E-state index in [2.05, 4.69) is 302 Å². The first-order valence-corrected chi connectivity index (χ1v) is 25.7. The Morgan fingerprint density at radius 1 is 0.338 bits per heavy atom. The minimum absolute atomic E-state index is 0.278. The first-order chi connectivity index (χ1) is 36.6. The molecule has 12 aromatic carbocycles. The second-order valence-electron chi connectivity index (χ2n) is 19.7. The molecule has 13 aromatic rings. The molecule has 74 heavy (non-hydrogen) atoms. The molecule has 0 bridgehead atoms. The summed E-state index contributed by atoms with van der Waals surface area (Å²) in [7, 11) is 0. The molecule has 0 fully saturated rings. The zero-order chi connectivity index (χ0) is 49.2. The smallest absolute Gasteiger partial charge is 0.0547 e. The van der Waals surface area contributed by atoms with Gasteiger partial charge in [-0.3, -0.25) is 0 Å². The van der Waals surface area contributed by atoms with Gasteiger partial charge >= 0.3 is 0 Å².